The van der Waals surface area contributed by atoms with E-state index in [0.29, 0.717) is 6.04 Å². The van der Waals surface area contributed by atoms with Gasteiger partial charge in [0.05, 0.1) is 10.8 Å². The summed E-state index contributed by atoms with van der Waals surface area (Å²) < 4.78 is 2.07. The number of para-hydroxylation sites is 1. The lowest BCUT2D eigenvalue weighted by Crippen LogP contribution is -2.41. The molecule has 1 aliphatic carbocycles. The summed E-state index contributed by atoms with van der Waals surface area (Å²) in [5.41, 5.74) is 3.09. The van der Waals surface area contributed by atoms with Crippen LogP contribution in [-0.2, 0) is 4.79 Å². The van der Waals surface area contributed by atoms with Gasteiger partial charge in [-0.05, 0) is 43.4 Å². The number of pyridine rings is 1. The van der Waals surface area contributed by atoms with Crippen molar-refractivity contribution in [3.05, 3.63) is 35.9 Å². The lowest BCUT2D eigenvalue weighted by atomic mass is 10.1. The monoisotopic (exact) mass is 382 g/mol. The summed E-state index contributed by atoms with van der Waals surface area (Å²) in [6.07, 6.45) is 4.62. The maximum absolute atomic E-state index is 12.9. The van der Waals surface area contributed by atoms with Gasteiger partial charge in [0.15, 0.2) is 10.8 Å². The van der Waals surface area contributed by atoms with Crippen molar-refractivity contribution in [3.63, 3.8) is 0 Å². The Kier molecular flexibility index (Phi) is 5.08. The third kappa shape index (κ3) is 3.55. The first-order valence-corrected chi connectivity index (χ1v) is 10.6. The van der Waals surface area contributed by atoms with Crippen molar-refractivity contribution in [1.29, 1.82) is 0 Å². The lowest BCUT2D eigenvalue weighted by Gasteiger charge is -2.21. The Morgan fingerprint density at radius 1 is 1.22 bits per heavy atom. The Hall–Kier alpha value is -2.08. The van der Waals surface area contributed by atoms with E-state index in [1.54, 1.807) is 0 Å². The molecule has 27 heavy (non-hydrogen) atoms. The van der Waals surface area contributed by atoms with Crippen molar-refractivity contribution in [2.24, 2.45) is 5.92 Å². The smallest absolute Gasteiger partial charge is 0.234 e. The fourth-order valence-corrected chi connectivity index (χ4v) is 4.97. The number of thioether (sulfide) groups is 1. The normalized spacial score (nSPS) is 16.4. The van der Waals surface area contributed by atoms with E-state index in [1.807, 2.05) is 12.1 Å². The highest BCUT2D eigenvalue weighted by Crippen LogP contribution is 2.31. The number of nitrogens with zero attached hydrogens (tertiary/aromatic N) is 3. The molecule has 0 unspecified atom stereocenters. The van der Waals surface area contributed by atoms with Gasteiger partial charge in [-0.25, -0.2) is 0 Å². The van der Waals surface area contributed by atoms with Crippen LogP contribution in [0.5, 0.6) is 0 Å². The molecule has 142 valence electrons. The number of aromatic nitrogens is 3. The van der Waals surface area contributed by atoms with Crippen LogP contribution in [0.1, 0.15) is 45.1 Å². The molecule has 1 aliphatic rings. The highest BCUT2D eigenvalue weighted by atomic mass is 32.2. The zero-order valence-corrected chi connectivity index (χ0v) is 16.9. The van der Waals surface area contributed by atoms with Gasteiger partial charge in [0.2, 0.25) is 5.91 Å². The molecular formula is C21H26N4OS. The second kappa shape index (κ2) is 7.50. The first kappa shape index (κ1) is 18.3. The average Bonchev–Trinajstić information content (AvgIpc) is 3.29. The van der Waals surface area contributed by atoms with Gasteiger partial charge in [-0.1, -0.05) is 56.7 Å². The minimum Gasteiger partial charge on any atom is -0.352 e. The van der Waals surface area contributed by atoms with Gasteiger partial charge >= 0.3 is 0 Å². The van der Waals surface area contributed by atoms with Crippen LogP contribution >= 0.6 is 11.8 Å². The van der Waals surface area contributed by atoms with E-state index in [9.17, 15) is 4.79 Å². The lowest BCUT2D eigenvalue weighted by molar-refractivity contribution is -0.121. The van der Waals surface area contributed by atoms with Crippen molar-refractivity contribution in [2.45, 2.75) is 62.9 Å². The van der Waals surface area contributed by atoms with Crippen molar-refractivity contribution < 1.29 is 4.79 Å². The SMILES string of the molecule is Cc1cc2nnc(S[C@H](C(=O)NC3CCCC3)C(C)C)n2c2ccccc12. The summed E-state index contributed by atoms with van der Waals surface area (Å²) in [6, 6.07) is 10.7. The molecule has 1 fully saturated rings. The second-order valence-corrected chi connectivity index (χ2v) is 8.90. The summed E-state index contributed by atoms with van der Waals surface area (Å²) in [5.74, 6) is 0.329. The summed E-state index contributed by atoms with van der Waals surface area (Å²) in [4.78, 5) is 12.9. The van der Waals surface area contributed by atoms with Crippen molar-refractivity contribution in [2.75, 3.05) is 0 Å². The minimum atomic E-state index is -0.182. The number of rotatable bonds is 5. The van der Waals surface area contributed by atoms with Gasteiger partial charge in [0, 0.05) is 11.4 Å². The molecule has 1 N–H and O–H groups in total. The standard InChI is InChI=1S/C21H26N4OS/c1-13(2)19(20(26)22-15-8-4-5-9-15)27-21-24-23-18-12-14(3)16-10-6-7-11-17(16)25(18)21/h6-7,10-13,15,19H,4-5,8-9H2,1-3H3,(H,22,26)/t19-/m0/s1. The maximum atomic E-state index is 12.9. The number of aryl methyl sites for hydroxylation is 1. The largest absolute Gasteiger partial charge is 0.352 e. The Bertz CT molecular complexity index is 975. The Balaban J connectivity index is 1.68. The molecule has 1 saturated carbocycles. The Morgan fingerprint density at radius 3 is 2.70 bits per heavy atom. The van der Waals surface area contributed by atoms with Crippen LogP contribution < -0.4 is 5.32 Å². The van der Waals surface area contributed by atoms with Crippen LogP contribution in [0.3, 0.4) is 0 Å². The fourth-order valence-electron chi connectivity index (χ4n) is 3.91. The summed E-state index contributed by atoms with van der Waals surface area (Å²) in [6.45, 7) is 6.28. The molecule has 6 heteroatoms. The Labute approximate surface area is 163 Å². The van der Waals surface area contributed by atoms with Gasteiger partial charge in [-0.2, -0.15) is 0 Å². The van der Waals surface area contributed by atoms with Crippen molar-refractivity contribution in [1.82, 2.24) is 19.9 Å². The van der Waals surface area contributed by atoms with E-state index in [0.717, 1.165) is 29.2 Å². The number of benzene rings is 1. The highest BCUT2D eigenvalue weighted by Gasteiger charge is 2.28. The molecule has 3 aromatic rings. The molecule has 2 aromatic heterocycles. The zero-order valence-electron chi connectivity index (χ0n) is 16.1. The molecular weight excluding hydrogens is 356 g/mol. The van der Waals surface area contributed by atoms with Gasteiger partial charge in [-0.3, -0.25) is 9.20 Å². The predicted molar refractivity (Wildman–Crippen MR) is 110 cm³/mol. The number of hydrogen-bond donors (Lipinski definition) is 1. The molecule has 0 radical (unpaired) electrons. The van der Waals surface area contributed by atoms with E-state index < -0.39 is 0 Å². The average molecular weight is 383 g/mol. The molecule has 1 amide bonds. The zero-order chi connectivity index (χ0) is 19.0. The topological polar surface area (TPSA) is 59.3 Å². The number of carbonyl (C=O) groups is 1. The number of fused-ring (bicyclic) bond motifs is 3. The van der Waals surface area contributed by atoms with Gasteiger partial charge in [0.1, 0.15) is 0 Å². The molecule has 1 atom stereocenters. The number of amides is 1. The third-order valence-corrected chi connectivity index (χ3v) is 6.86. The van der Waals surface area contributed by atoms with Crippen LogP contribution in [0.25, 0.3) is 16.6 Å². The number of hydrogen-bond acceptors (Lipinski definition) is 4. The van der Waals surface area contributed by atoms with E-state index in [1.165, 1.54) is 35.6 Å². The molecule has 0 bridgehead atoms. The first-order valence-electron chi connectivity index (χ1n) is 9.75. The predicted octanol–water partition coefficient (Wildman–Crippen LogP) is 4.37. The molecule has 4 rings (SSSR count). The minimum absolute atomic E-state index is 0.120. The molecule has 1 aromatic carbocycles. The van der Waals surface area contributed by atoms with E-state index in [-0.39, 0.29) is 17.1 Å². The van der Waals surface area contributed by atoms with E-state index in [4.69, 9.17) is 0 Å². The van der Waals surface area contributed by atoms with Crippen LogP contribution in [0.4, 0.5) is 0 Å². The second-order valence-electron chi connectivity index (χ2n) is 7.79. The molecule has 2 heterocycles. The van der Waals surface area contributed by atoms with E-state index in [2.05, 4.69) is 58.9 Å². The first-order chi connectivity index (χ1) is 13.0. The van der Waals surface area contributed by atoms with E-state index >= 15 is 0 Å². The van der Waals surface area contributed by atoms with Gasteiger partial charge < -0.3 is 5.32 Å². The van der Waals surface area contributed by atoms with Crippen LogP contribution in [0.2, 0.25) is 0 Å². The van der Waals surface area contributed by atoms with Gasteiger partial charge in [-0.15, -0.1) is 10.2 Å². The number of nitrogens with one attached hydrogen (secondary N) is 1. The third-order valence-electron chi connectivity index (χ3n) is 5.37. The summed E-state index contributed by atoms with van der Waals surface area (Å²) in [7, 11) is 0. The van der Waals surface area contributed by atoms with Crippen molar-refractivity contribution in [3.8, 4) is 0 Å². The Morgan fingerprint density at radius 2 is 1.96 bits per heavy atom. The van der Waals surface area contributed by atoms with Crippen LogP contribution in [0, 0.1) is 12.8 Å². The van der Waals surface area contributed by atoms with Crippen LogP contribution in [0.15, 0.2) is 35.5 Å². The summed E-state index contributed by atoms with van der Waals surface area (Å²) >= 11 is 1.52. The van der Waals surface area contributed by atoms with Crippen LogP contribution in [-0.4, -0.2) is 31.8 Å². The molecule has 5 nitrogen and oxygen atoms in total. The quantitative estimate of drug-likeness (QED) is 0.666. The molecule has 0 spiro atoms. The highest BCUT2D eigenvalue weighted by molar-refractivity contribution is 8.00. The number of carbonyl (C=O) groups excluding carboxylic acids is 1. The summed E-state index contributed by atoms with van der Waals surface area (Å²) in [5, 5.41) is 13.8. The van der Waals surface area contributed by atoms with Crippen molar-refractivity contribution >= 4 is 34.2 Å². The maximum Gasteiger partial charge on any atom is 0.234 e. The fraction of sp³-hybridized carbons (Fsp3) is 0.476. The molecule has 0 aliphatic heterocycles. The molecule has 0 saturated heterocycles. The van der Waals surface area contributed by atoms with Gasteiger partial charge in [0.25, 0.3) is 0 Å².